The maximum atomic E-state index is 12.0. The lowest BCUT2D eigenvalue weighted by atomic mass is 10.1. The van der Waals surface area contributed by atoms with Gasteiger partial charge in [0.25, 0.3) is 0 Å². The van der Waals surface area contributed by atoms with Crippen molar-refractivity contribution in [2.24, 2.45) is 0 Å². The van der Waals surface area contributed by atoms with Crippen LogP contribution >= 0.6 is 0 Å². The zero-order valence-corrected chi connectivity index (χ0v) is 16.2. The minimum atomic E-state index is 0.0407. The molecule has 1 fully saturated rings. The second kappa shape index (κ2) is 8.83. The topological polar surface area (TPSA) is 65.2 Å². The van der Waals surface area contributed by atoms with Gasteiger partial charge in [-0.1, -0.05) is 6.92 Å². The molecule has 0 amide bonds. The maximum Gasteiger partial charge on any atom is 0.161 e. The van der Waals surface area contributed by atoms with Gasteiger partial charge in [-0.2, -0.15) is 10.4 Å². The van der Waals surface area contributed by atoms with Crippen LogP contribution in [0.1, 0.15) is 48.2 Å². The number of hydrogen-bond acceptors (Lipinski definition) is 5. The van der Waals surface area contributed by atoms with E-state index in [2.05, 4.69) is 34.1 Å². The van der Waals surface area contributed by atoms with Gasteiger partial charge in [0, 0.05) is 62.3 Å². The molecule has 0 unspecified atom stereocenters. The zero-order valence-electron chi connectivity index (χ0n) is 16.2. The molecule has 1 aliphatic rings. The largest absolute Gasteiger partial charge is 0.370 e. The Morgan fingerprint density at radius 2 is 2.11 bits per heavy atom. The van der Waals surface area contributed by atoms with Gasteiger partial charge in [-0.3, -0.25) is 14.4 Å². The van der Waals surface area contributed by atoms with Crippen LogP contribution in [0.15, 0.2) is 30.6 Å². The van der Waals surface area contributed by atoms with Crippen molar-refractivity contribution in [1.82, 2.24) is 14.7 Å². The first-order valence-corrected chi connectivity index (χ1v) is 9.64. The van der Waals surface area contributed by atoms with E-state index in [9.17, 15) is 10.1 Å². The highest BCUT2D eigenvalue weighted by atomic mass is 16.1. The molecule has 0 saturated carbocycles. The Labute approximate surface area is 161 Å². The van der Waals surface area contributed by atoms with Gasteiger partial charge >= 0.3 is 0 Å². The fraction of sp³-hybridized carbons (Fsp3) is 0.476. The van der Waals surface area contributed by atoms with E-state index in [0.29, 0.717) is 11.1 Å². The molecular weight excluding hydrogens is 338 g/mol. The first-order chi connectivity index (χ1) is 13.1. The molecule has 142 valence electrons. The van der Waals surface area contributed by atoms with Gasteiger partial charge < -0.3 is 4.90 Å². The molecule has 3 rings (SSSR count). The normalized spacial score (nSPS) is 15.4. The Morgan fingerprint density at radius 3 is 2.85 bits per heavy atom. The first-order valence-electron chi connectivity index (χ1n) is 9.64. The average Bonchev–Trinajstić information content (AvgIpc) is 2.97. The van der Waals surface area contributed by atoms with Crippen molar-refractivity contribution in [1.29, 1.82) is 5.26 Å². The Hall–Kier alpha value is -2.65. The Morgan fingerprint density at radius 1 is 1.26 bits per heavy atom. The summed E-state index contributed by atoms with van der Waals surface area (Å²) in [5, 5.41) is 13.6. The van der Waals surface area contributed by atoms with Crippen molar-refractivity contribution < 1.29 is 4.79 Å². The molecule has 0 radical (unpaired) electrons. The molecule has 0 spiro atoms. The van der Waals surface area contributed by atoms with Gasteiger partial charge in [-0.15, -0.1) is 0 Å². The van der Waals surface area contributed by atoms with E-state index < -0.39 is 0 Å². The number of rotatable bonds is 6. The van der Waals surface area contributed by atoms with E-state index in [0.717, 1.165) is 57.8 Å². The van der Waals surface area contributed by atoms with Crippen LogP contribution in [-0.4, -0.2) is 46.6 Å². The third-order valence-corrected chi connectivity index (χ3v) is 4.98. The van der Waals surface area contributed by atoms with Crippen molar-refractivity contribution in [3.63, 3.8) is 0 Å². The molecule has 2 aromatic rings. The van der Waals surface area contributed by atoms with Crippen LogP contribution in [0.3, 0.4) is 0 Å². The average molecular weight is 365 g/mol. The lowest BCUT2D eigenvalue weighted by Crippen LogP contribution is -2.31. The standard InChI is InChI=1S/C21H27N5O/c1-3-7-26-16-19(14-23-26)15-24-8-4-9-25(11-10-24)21-12-18(13-22)5-6-20(21)17(2)27/h5-6,12,14,16H,3-4,7-11,15H2,1-2H3. The molecule has 6 heteroatoms. The number of benzene rings is 1. The van der Waals surface area contributed by atoms with Gasteiger partial charge in [-0.25, -0.2) is 0 Å². The van der Waals surface area contributed by atoms with Crippen LogP contribution in [0, 0.1) is 11.3 Å². The second-order valence-corrected chi connectivity index (χ2v) is 7.13. The molecule has 0 N–H and O–H groups in total. The molecule has 27 heavy (non-hydrogen) atoms. The molecular formula is C21H27N5O. The summed E-state index contributed by atoms with van der Waals surface area (Å²) in [4.78, 5) is 16.7. The van der Waals surface area contributed by atoms with E-state index in [1.165, 1.54) is 5.56 Å². The number of carbonyl (C=O) groups excluding carboxylic acids is 1. The number of nitrogens with zero attached hydrogens (tertiary/aromatic N) is 5. The summed E-state index contributed by atoms with van der Waals surface area (Å²) in [5.41, 5.74) is 3.43. The molecule has 2 heterocycles. The van der Waals surface area contributed by atoms with Crippen molar-refractivity contribution >= 4 is 11.5 Å². The van der Waals surface area contributed by atoms with E-state index >= 15 is 0 Å². The molecule has 0 bridgehead atoms. The highest BCUT2D eigenvalue weighted by Gasteiger charge is 2.19. The van der Waals surface area contributed by atoms with Crippen LogP contribution < -0.4 is 4.90 Å². The van der Waals surface area contributed by atoms with E-state index in [1.54, 1.807) is 19.1 Å². The Kier molecular flexibility index (Phi) is 6.25. The number of Topliss-reactive ketones (excluding diaryl/α,β-unsaturated/α-hetero) is 1. The second-order valence-electron chi connectivity index (χ2n) is 7.13. The lowest BCUT2D eigenvalue weighted by molar-refractivity contribution is 0.101. The smallest absolute Gasteiger partial charge is 0.161 e. The van der Waals surface area contributed by atoms with Gasteiger partial charge in [0.2, 0.25) is 0 Å². The monoisotopic (exact) mass is 365 g/mol. The summed E-state index contributed by atoms with van der Waals surface area (Å²) < 4.78 is 2.01. The first kappa shape index (κ1) is 19.1. The number of aryl methyl sites for hydroxylation is 1. The number of nitriles is 1. The van der Waals surface area contributed by atoms with E-state index in [-0.39, 0.29) is 5.78 Å². The number of hydrogen-bond donors (Lipinski definition) is 0. The highest BCUT2D eigenvalue weighted by Crippen LogP contribution is 2.24. The maximum absolute atomic E-state index is 12.0. The van der Waals surface area contributed by atoms with Crippen molar-refractivity contribution in [2.45, 2.75) is 39.8 Å². The summed E-state index contributed by atoms with van der Waals surface area (Å²) in [6.07, 6.45) is 6.20. The van der Waals surface area contributed by atoms with E-state index in [1.807, 2.05) is 16.9 Å². The summed E-state index contributed by atoms with van der Waals surface area (Å²) in [6, 6.07) is 7.53. The fourth-order valence-electron chi connectivity index (χ4n) is 3.63. The number of aromatic nitrogens is 2. The van der Waals surface area contributed by atoms with Gasteiger partial charge in [0.15, 0.2) is 5.78 Å². The van der Waals surface area contributed by atoms with Crippen molar-refractivity contribution in [3.8, 4) is 6.07 Å². The zero-order chi connectivity index (χ0) is 19.2. The molecule has 1 aromatic heterocycles. The summed E-state index contributed by atoms with van der Waals surface area (Å²) in [5.74, 6) is 0.0407. The molecule has 6 nitrogen and oxygen atoms in total. The predicted molar refractivity (Wildman–Crippen MR) is 106 cm³/mol. The lowest BCUT2D eigenvalue weighted by Gasteiger charge is -2.25. The number of carbonyl (C=O) groups is 1. The number of ketones is 1. The van der Waals surface area contributed by atoms with Gasteiger partial charge in [0.05, 0.1) is 17.8 Å². The van der Waals surface area contributed by atoms with Crippen LogP contribution in [0.25, 0.3) is 0 Å². The predicted octanol–water partition coefficient (Wildman–Crippen LogP) is 3.08. The third kappa shape index (κ3) is 4.75. The molecule has 1 aliphatic heterocycles. The van der Waals surface area contributed by atoms with Crippen molar-refractivity contribution in [2.75, 3.05) is 31.1 Å². The minimum Gasteiger partial charge on any atom is -0.370 e. The van der Waals surface area contributed by atoms with E-state index in [4.69, 9.17) is 0 Å². The highest BCUT2D eigenvalue weighted by molar-refractivity contribution is 6.00. The quantitative estimate of drug-likeness (QED) is 0.736. The Bertz CT molecular complexity index is 835. The third-order valence-electron chi connectivity index (χ3n) is 4.98. The van der Waals surface area contributed by atoms with Crippen LogP contribution in [-0.2, 0) is 13.1 Å². The summed E-state index contributed by atoms with van der Waals surface area (Å²) in [6.45, 7) is 9.27. The fourth-order valence-corrected chi connectivity index (χ4v) is 3.63. The minimum absolute atomic E-state index is 0.0407. The Balaban J connectivity index is 1.69. The van der Waals surface area contributed by atoms with Crippen LogP contribution in [0.2, 0.25) is 0 Å². The van der Waals surface area contributed by atoms with Gasteiger partial charge in [-0.05, 0) is 38.0 Å². The van der Waals surface area contributed by atoms with Crippen LogP contribution in [0.4, 0.5) is 5.69 Å². The SMILES string of the molecule is CCCn1cc(CN2CCCN(c3cc(C#N)ccc3C(C)=O)CC2)cn1. The number of anilines is 1. The van der Waals surface area contributed by atoms with Gasteiger partial charge in [0.1, 0.15) is 0 Å². The molecule has 0 atom stereocenters. The molecule has 1 saturated heterocycles. The molecule has 0 aliphatic carbocycles. The summed E-state index contributed by atoms with van der Waals surface area (Å²) in [7, 11) is 0. The summed E-state index contributed by atoms with van der Waals surface area (Å²) >= 11 is 0. The molecule has 1 aromatic carbocycles. The van der Waals surface area contributed by atoms with Crippen molar-refractivity contribution in [3.05, 3.63) is 47.3 Å². The van der Waals surface area contributed by atoms with Crippen LogP contribution in [0.5, 0.6) is 0 Å².